The van der Waals surface area contributed by atoms with Crippen molar-refractivity contribution in [3.8, 4) is 11.8 Å². The van der Waals surface area contributed by atoms with Crippen LogP contribution in [0.4, 0.5) is 9.39 Å². The molecule has 0 unspecified atom stereocenters. The average molecular weight is 466 g/mol. The van der Waals surface area contributed by atoms with Gasteiger partial charge >= 0.3 is 0 Å². The molecule has 2 aromatic heterocycles. The van der Waals surface area contributed by atoms with Crippen molar-refractivity contribution >= 4 is 45.6 Å². The highest BCUT2D eigenvalue weighted by atomic mass is 35.5. The van der Waals surface area contributed by atoms with Crippen molar-refractivity contribution in [2.24, 2.45) is 0 Å². The van der Waals surface area contributed by atoms with Gasteiger partial charge in [-0.05, 0) is 43.5 Å². The lowest BCUT2D eigenvalue weighted by Gasteiger charge is -2.16. The molecule has 0 saturated carbocycles. The zero-order valence-electron chi connectivity index (χ0n) is 16.1. The normalized spacial score (nSPS) is 11.7. The third kappa shape index (κ3) is 5.11. The first kappa shape index (κ1) is 22.1. The summed E-state index contributed by atoms with van der Waals surface area (Å²) in [7, 11) is 0. The molecule has 156 valence electrons. The minimum atomic E-state index is -0.493. The topological polar surface area (TPSA) is 92.8 Å². The van der Waals surface area contributed by atoms with E-state index in [9.17, 15) is 9.18 Å². The number of nitriles is 1. The summed E-state index contributed by atoms with van der Waals surface area (Å²) < 4.78 is 20.9. The number of anilines is 1. The monoisotopic (exact) mass is 465 g/mol. The predicted octanol–water partition coefficient (Wildman–Crippen LogP) is 4.89. The number of thioether (sulfide) groups is 1. The maximum atomic E-state index is 13.2. The lowest BCUT2D eigenvalue weighted by Crippen LogP contribution is -2.15. The van der Waals surface area contributed by atoms with E-state index in [2.05, 4.69) is 15.5 Å². The first-order valence-electron chi connectivity index (χ1n) is 8.88. The van der Waals surface area contributed by atoms with E-state index >= 15 is 0 Å². The number of thiophene rings is 1. The Labute approximate surface area is 185 Å². The SMILES string of the molecule is CCn1c(SCC(=O)Nc2sccc2C#N)nnc1[C@@H](C)Oc1ccc(F)cc1Cl. The summed E-state index contributed by atoms with van der Waals surface area (Å²) in [4.78, 5) is 12.2. The summed E-state index contributed by atoms with van der Waals surface area (Å²) in [6.07, 6.45) is -0.493. The van der Waals surface area contributed by atoms with E-state index in [4.69, 9.17) is 21.6 Å². The Morgan fingerprint density at radius 2 is 2.27 bits per heavy atom. The molecule has 0 aliphatic heterocycles. The minimum absolute atomic E-state index is 0.111. The van der Waals surface area contributed by atoms with Crippen molar-refractivity contribution in [3.63, 3.8) is 0 Å². The number of carbonyl (C=O) groups is 1. The van der Waals surface area contributed by atoms with E-state index in [0.29, 0.717) is 33.8 Å². The maximum Gasteiger partial charge on any atom is 0.235 e. The maximum absolute atomic E-state index is 13.2. The molecule has 0 radical (unpaired) electrons. The largest absolute Gasteiger partial charge is 0.481 e. The number of aromatic nitrogens is 3. The van der Waals surface area contributed by atoms with Crippen LogP contribution in [0.2, 0.25) is 5.02 Å². The molecule has 0 aliphatic carbocycles. The van der Waals surface area contributed by atoms with E-state index in [1.54, 1.807) is 18.4 Å². The van der Waals surface area contributed by atoms with Crippen LogP contribution in [0.5, 0.6) is 5.75 Å². The molecule has 0 saturated heterocycles. The van der Waals surface area contributed by atoms with Gasteiger partial charge in [-0.2, -0.15) is 5.26 Å². The first-order valence-corrected chi connectivity index (χ1v) is 11.1. The number of carbonyl (C=O) groups excluding carboxylic acids is 1. The van der Waals surface area contributed by atoms with Crippen molar-refractivity contribution in [1.29, 1.82) is 5.26 Å². The van der Waals surface area contributed by atoms with Crippen LogP contribution in [0.25, 0.3) is 0 Å². The van der Waals surface area contributed by atoms with E-state index in [-0.39, 0.29) is 16.7 Å². The van der Waals surface area contributed by atoms with Crippen LogP contribution in [-0.2, 0) is 11.3 Å². The zero-order chi connectivity index (χ0) is 21.7. The van der Waals surface area contributed by atoms with Gasteiger partial charge in [0.2, 0.25) is 5.91 Å². The van der Waals surface area contributed by atoms with Gasteiger partial charge in [0, 0.05) is 6.54 Å². The Balaban J connectivity index is 1.66. The van der Waals surface area contributed by atoms with E-state index in [1.807, 2.05) is 17.6 Å². The minimum Gasteiger partial charge on any atom is -0.481 e. The van der Waals surface area contributed by atoms with Gasteiger partial charge in [-0.3, -0.25) is 4.79 Å². The van der Waals surface area contributed by atoms with Gasteiger partial charge in [-0.15, -0.1) is 21.5 Å². The number of benzene rings is 1. The van der Waals surface area contributed by atoms with Crippen LogP contribution >= 0.6 is 34.7 Å². The smallest absolute Gasteiger partial charge is 0.235 e. The second-order valence-electron chi connectivity index (χ2n) is 6.03. The summed E-state index contributed by atoms with van der Waals surface area (Å²) in [6.45, 7) is 4.29. The standard InChI is InChI=1S/C19H17ClFN5O2S2/c1-3-26-17(11(2)28-15-5-4-13(21)8-14(15)20)24-25-19(26)30-10-16(27)23-18-12(9-22)6-7-29-18/h4-8,11H,3,10H2,1-2H3,(H,23,27)/t11-/m1/s1. The molecule has 0 fully saturated rings. The van der Waals surface area contributed by atoms with Crippen molar-refractivity contribution in [3.05, 3.63) is 51.9 Å². The number of nitrogens with zero attached hydrogens (tertiary/aromatic N) is 4. The van der Waals surface area contributed by atoms with Crippen molar-refractivity contribution in [1.82, 2.24) is 14.8 Å². The van der Waals surface area contributed by atoms with Crippen LogP contribution in [0, 0.1) is 17.1 Å². The summed E-state index contributed by atoms with van der Waals surface area (Å²) in [5.74, 6) is 0.325. The van der Waals surface area contributed by atoms with Crippen molar-refractivity contribution < 1.29 is 13.9 Å². The predicted molar refractivity (Wildman–Crippen MR) is 115 cm³/mol. The summed E-state index contributed by atoms with van der Waals surface area (Å²) in [5, 5.41) is 23.1. The zero-order valence-corrected chi connectivity index (χ0v) is 18.4. The fourth-order valence-corrected chi connectivity index (χ4v) is 4.38. The van der Waals surface area contributed by atoms with Gasteiger partial charge < -0.3 is 14.6 Å². The second-order valence-corrected chi connectivity index (χ2v) is 8.30. The van der Waals surface area contributed by atoms with Crippen LogP contribution in [0.1, 0.15) is 31.3 Å². The number of rotatable bonds is 8. The molecule has 3 aromatic rings. The van der Waals surface area contributed by atoms with Gasteiger partial charge in [0.1, 0.15) is 22.6 Å². The number of halogens is 2. The molecule has 1 atom stereocenters. The first-order chi connectivity index (χ1) is 14.4. The van der Waals surface area contributed by atoms with Crippen LogP contribution in [0.15, 0.2) is 34.8 Å². The highest BCUT2D eigenvalue weighted by molar-refractivity contribution is 7.99. The molecule has 7 nitrogen and oxygen atoms in total. The van der Waals surface area contributed by atoms with Crippen LogP contribution in [-0.4, -0.2) is 26.4 Å². The fourth-order valence-electron chi connectivity index (χ4n) is 2.61. The molecule has 0 bridgehead atoms. The molecule has 1 N–H and O–H groups in total. The van der Waals surface area contributed by atoms with Crippen molar-refractivity contribution in [2.75, 3.05) is 11.1 Å². The number of amides is 1. The van der Waals surface area contributed by atoms with Crippen LogP contribution in [0.3, 0.4) is 0 Å². The number of hydrogen-bond acceptors (Lipinski definition) is 7. The fraction of sp³-hybridized carbons (Fsp3) is 0.263. The quantitative estimate of drug-likeness (QED) is 0.476. The molecule has 2 heterocycles. The molecule has 3 rings (SSSR count). The molecule has 0 spiro atoms. The van der Waals surface area contributed by atoms with Gasteiger partial charge in [0.15, 0.2) is 17.1 Å². The molecule has 0 aliphatic rings. The van der Waals surface area contributed by atoms with Gasteiger partial charge in [-0.1, -0.05) is 23.4 Å². The Hall–Kier alpha value is -2.61. The Morgan fingerprint density at radius 3 is 2.97 bits per heavy atom. The van der Waals surface area contributed by atoms with Gasteiger partial charge in [0.05, 0.1) is 16.3 Å². The third-order valence-corrected chi connectivity index (χ3v) is 6.09. The Bertz CT molecular complexity index is 1100. The number of ether oxygens (including phenoxy) is 1. The Kier molecular flexibility index (Phi) is 7.31. The number of nitrogens with one attached hydrogen (secondary N) is 1. The second kappa shape index (κ2) is 9.93. The average Bonchev–Trinajstić information content (AvgIpc) is 3.34. The molecule has 11 heteroatoms. The molecule has 1 aromatic carbocycles. The van der Waals surface area contributed by atoms with Gasteiger partial charge in [-0.25, -0.2) is 4.39 Å². The molecule has 1 amide bonds. The van der Waals surface area contributed by atoms with Gasteiger partial charge in [0.25, 0.3) is 0 Å². The molecule has 30 heavy (non-hydrogen) atoms. The summed E-state index contributed by atoms with van der Waals surface area (Å²) >= 11 is 8.56. The summed E-state index contributed by atoms with van der Waals surface area (Å²) in [5.41, 5.74) is 0.433. The number of hydrogen-bond donors (Lipinski definition) is 1. The highest BCUT2D eigenvalue weighted by Gasteiger charge is 2.20. The highest BCUT2D eigenvalue weighted by Crippen LogP contribution is 2.30. The third-order valence-electron chi connectivity index (χ3n) is 3.99. The van der Waals surface area contributed by atoms with E-state index < -0.39 is 11.9 Å². The van der Waals surface area contributed by atoms with Crippen LogP contribution < -0.4 is 10.1 Å². The lowest BCUT2D eigenvalue weighted by molar-refractivity contribution is -0.113. The Morgan fingerprint density at radius 1 is 1.47 bits per heavy atom. The lowest BCUT2D eigenvalue weighted by atomic mass is 10.3. The van der Waals surface area contributed by atoms with Crippen molar-refractivity contribution in [2.45, 2.75) is 31.7 Å². The molecular formula is C19H17ClFN5O2S2. The van der Waals surface area contributed by atoms with E-state index in [0.717, 1.165) is 0 Å². The molecular weight excluding hydrogens is 449 g/mol. The van der Waals surface area contributed by atoms with E-state index in [1.165, 1.54) is 41.3 Å². The summed E-state index contributed by atoms with van der Waals surface area (Å²) in [6, 6.07) is 7.60.